The number of carbonyl (C=O) groups is 2. The molecule has 0 radical (unpaired) electrons. The number of allylic oxidation sites excluding steroid dienone is 1. The van der Waals surface area contributed by atoms with Crippen LogP contribution >= 0.6 is 11.3 Å². The van der Waals surface area contributed by atoms with Crippen LogP contribution < -0.4 is 4.90 Å². The molecule has 0 bridgehead atoms. The number of fused-ring (bicyclic) bond motifs is 7. The lowest BCUT2D eigenvalue weighted by atomic mass is 9.63. The normalized spacial score (nSPS) is 18.4. The molecule has 4 aromatic rings. The van der Waals surface area contributed by atoms with Crippen molar-refractivity contribution < 1.29 is 9.59 Å². The topological polar surface area (TPSA) is 37.4 Å². The molecule has 0 unspecified atom stereocenters. The van der Waals surface area contributed by atoms with E-state index in [1.54, 1.807) is 23.5 Å². The van der Waals surface area contributed by atoms with Gasteiger partial charge in [0.2, 0.25) is 0 Å². The van der Waals surface area contributed by atoms with Gasteiger partial charge in [-0.3, -0.25) is 9.59 Å². The number of hydrogen-bond donors (Lipinski definition) is 0. The summed E-state index contributed by atoms with van der Waals surface area (Å²) < 4.78 is 0. The second kappa shape index (κ2) is 7.62. The second-order valence-corrected chi connectivity index (χ2v) is 11.8. The van der Waals surface area contributed by atoms with Gasteiger partial charge in [-0.25, -0.2) is 0 Å². The van der Waals surface area contributed by atoms with Crippen LogP contribution in [0.1, 0.15) is 80.0 Å². The Labute approximate surface area is 220 Å². The number of thiophene rings is 1. The van der Waals surface area contributed by atoms with Crippen molar-refractivity contribution in [2.75, 3.05) is 4.90 Å². The average Bonchev–Trinajstić information content (AvgIpc) is 3.47. The lowest BCUT2D eigenvalue weighted by Crippen LogP contribution is -2.38. The first-order valence-electron chi connectivity index (χ1n) is 13.2. The first-order valence-corrected chi connectivity index (χ1v) is 14.0. The molecular weight excluding hydrogens is 474 g/mol. The minimum Gasteiger partial charge on any atom is -0.301 e. The third-order valence-corrected chi connectivity index (χ3v) is 9.89. The first kappa shape index (κ1) is 21.3. The van der Waals surface area contributed by atoms with Crippen molar-refractivity contribution in [2.24, 2.45) is 0 Å². The molecule has 37 heavy (non-hydrogen) atoms. The molecule has 0 saturated heterocycles. The summed E-state index contributed by atoms with van der Waals surface area (Å²) >= 11 is 1.72. The number of ketones is 2. The Bertz CT molecular complexity index is 1650. The Hall–Kier alpha value is -3.76. The number of para-hydroxylation sites is 2. The molecule has 3 nitrogen and oxygen atoms in total. The third-order valence-electron chi connectivity index (χ3n) is 8.82. The van der Waals surface area contributed by atoms with E-state index in [1.165, 1.54) is 57.9 Å². The SMILES string of the molecule is O=C1C(=Cc2cc3c(s2)N2c4ccccc4Cc4cccc(c42)C32CCCCC2)C(=O)c2ccccc21. The minimum atomic E-state index is -0.159. The van der Waals surface area contributed by atoms with E-state index in [4.69, 9.17) is 0 Å². The molecule has 1 aromatic heterocycles. The molecule has 4 aliphatic rings. The van der Waals surface area contributed by atoms with Gasteiger partial charge in [0, 0.05) is 27.8 Å². The standard InChI is InChI=1S/C33H25NO2S/c35-30-23-11-3-4-12-24(23)31(36)25(30)18-22-19-27-32(37-22)34-28-14-5-2-9-20(28)17-21-10-8-13-26(29(21)34)33(27)15-6-1-7-16-33/h2-5,8-14,18-19H,1,6-7,15-17H2. The van der Waals surface area contributed by atoms with Crippen LogP contribution in [0.3, 0.4) is 0 Å². The Morgan fingerprint density at radius 2 is 1.46 bits per heavy atom. The van der Waals surface area contributed by atoms with Gasteiger partial charge in [0.05, 0.1) is 16.9 Å². The van der Waals surface area contributed by atoms with Crippen molar-refractivity contribution in [2.45, 2.75) is 43.9 Å². The first-order chi connectivity index (χ1) is 18.2. The fourth-order valence-corrected chi connectivity index (χ4v) is 8.39. The maximum absolute atomic E-state index is 13.2. The summed E-state index contributed by atoms with van der Waals surface area (Å²) in [5.74, 6) is -0.318. The van der Waals surface area contributed by atoms with Gasteiger partial charge >= 0.3 is 0 Å². The zero-order valence-electron chi connectivity index (χ0n) is 20.4. The van der Waals surface area contributed by atoms with Crippen LogP contribution in [0.4, 0.5) is 16.4 Å². The monoisotopic (exact) mass is 499 g/mol. The van der Waals surface area contributed by atoms with Gasteiger partial charge in [0.1, 0.15) is 5.00 Å². The molecule has 1 fully saturated rings. The van der Waals surface area contributed by atoms with Crippen molar-refractivity contribution in [1.82, 2.24) is 0 Å². The summed E-state index contributed by atoms with van der Waals surface area (Å²) in [5, 5.41) is 1.25. The predicted octanol–water partition coefficient (Wildman–Crippen LogP) is 8.15. The van der Waals surface area contributed by atoms with Crippen LogP contribution in [-0.2, 0) is 11.8 Å². The lowest BCUT2D eigenvalue weighted by Gasteiger charge is -2.48. The number of Topliss-reactive ketones (excluding diaryl/α,β-unsaturated/α-hetero) is 2. The molecule has 0 N–H and O–H groups in total. The average molecular weight is 500 g/mol. The zero-order valence-corrected chi connectivity index (χ0v) is 21.2. The van der Waals surface area contributed by atoms with Crippen molar-refractivity contribution in [3.8, 4) is 0 Å². The summed E-state index contributed by atoms with van der Waals surface area (Å²) in [4.78, 5) is 29.8. The quantitative estimate of drug-likeness (QED) is 0.172. The largest absolute Gasteiger partial charge is 0.301 e. The second-order valence-electron chi connectivity index (χ2n) is 10.7. The van der Waals surface area contributed by atoms with Gasteiger partial charge in [-0.05, 0) is 53.3 Å². The minimum absolute atomic E-state index is 0.0123. The number of hydrogen-bond acceptors (Lipinski definition) is 4. The highest BCUT2D eigenvalue weighted by Crippen LogP contribution is 2.62. The molecule has 180 valence electrons. The van der Waals surface area contributed by atoms with E-state index in [0.29, 0.717) is 11.1 Å². The van der Waals surface area contributed by atoms with E-state index in [2.05, 4.69) is 53.4 Å². The summed E-state index contributed by atoms with van der Waals surface area (Å²) in [6.07, 6.45) is 8.80. The van der Waals surface area contributed by atoms with Gasteiger partial charge in [-0.1, -0.05) is 79.9 Å². The third kappa shape index (κ3) is 2.82. The molecule has 0 amide bonds. The smallest absolute Gasteiger partial charge is 0.197 e. The number of anilines is 3. The Balaban J connectivity index is 1.36. The molecule has 0 atom stereocenters. The number of carbonyl (C=O) groups excluding carboxylic acids is 2. The molecule has 8 rings (SSSR count). The highest BCUT2D eigenvalue weighted by atomic mass is 32.1. The van der Waals surface area contributed by atoms with Crippen LogP contribution in [-0.4, -0.2) is 11.6 Å². The van der Waals surface area contributed by atoms with Crippen LogP contribution in [0.25, 0.3) is 6.08 Å². The summed E-state index contributed by atoms with van der Waals surface area (Å²) in [7, 11) is 0. The van der Waals surface area contributed by atoms with Crippen molar-refractivity contribution in [3.63, 3.8) is 0 Å². The zero-order chi connectivity index (χ0) is 24.7. The Morgan fingerprint density at radius 3 is 2.24 bits per heavy atom. The van der Waals surface area contributed by atoms with Gasteiger partial charge in [-0.15, -0.1) is 11.3 Å². The molecule has 2 aliphatic carbocycles. The highest BCUT2D eigenvalue weighted by molar-refractivity contribution is 7.17. The molecule has 2 aliphatic heterocycles. The van der Waals surface area contributed by atoms with E-state index >= 15 is 0 Å². The number of benzene rings is 3. The van der Waals surface area contributed by atoms with E-state index in [9.17, 15) is 9.59 Å². The fourth-order valence-electron chi connectivity index (χ4n) is 7.16. The summed E-state index contributed by atoms with van der Waals surface area (Å²) in [6, 6.07) is 25.1. The maximum Gasteiger partial charge on any atom is 0.197 e. The van der Waals surface area contributed by atoms with E-state index in [0.717, 1.165) is 24.1 Å². The predicted molar refractivity (Wildman–Crippen MR) is 149 cm³/mol. The Kier molecular flexibility index (Phi) is 4.40. The fraction of sp³-hybridized carbons (Fsp3) is 0.212. The molecule has 1 saturated carbocycles. The lowest BCUT2D eigenvalue weighted by molar-refractivity contribution is 0.0990. The van der Waals surface area contributed by atoms with Crippen molar-refractivity contribution in [1.29, 1.82) is 0 Å². The number of nitrogens with zero attached hydrogens (tertiary/aromatic N) is 1. The van der Waals surface area contributed by atoms with E-state index < -0.39 is 0 Å². The highest BCUT2D eigenvalue weighted by Gasteiger charge is 2.47. The number of rotatable bonds is 1. The summed E-state index contributed by atoms with van der Waals surface area (Å²) in [5.41, 5.74) is 9.45. The molecule has 3 aromatic carbocycles. The van der Waals surface area contributed by atoms with Crippen LogP contribution in [0.15, 0.2) is 78.4 Å². The van der Waals surface area contributed by atoms with Gasteiger partial charge in [-0.2, -0.15) is 0 Å². The van der Waals surface area contributed by atoms with Gasteiger partial charge in [0.15, 0.2) is 11.6 Å². The van der Waals surface area contributed by atoms with Gasteiger partial charge in [0.25, 0.3) is 0 Å². The van der Waals surface area contributed by atoms with Gasteiger partial charge < -0.3 is 4.90 Å². The molecule has 3 heterocycles. The van der Waals surface area contributed by atoms with Crippen LogP contribution in [0, 0.1) is 0 Å². The van der Waals surface area contributed by atoms with E-state index in [1.807, 2.05) is 18.2 Å². The maximum atomic E-state index is 13.2. The molecular formula is C33H25NO2S. The molecule has 1 spiro atoms. The van der Waals surface area contributed by atoms with Crippen LogP contribution in [0.5, 0.6) is 0 Å². The van der Waals surface area contributed by atoms with E-state index in [-0.39, 0.29) is 22.6 Å². The summed E-state index contributed by atoms with van der Waals surface area (Å²) in [6.45, 7) is 0. The molecule has 4 heteroatoms. The Morgan fingerprint density at radius 1 is 0.757 bits per heavy atom. The van der Waals surface area contributed by atoms with Crippen molar-refractivity contribution >= 4 is 45.4 Å². The van der Waals surface area contributed by atoms with Crippen LogP contribution in [0.2, 0.25) is 0 Å². The van der Waals surface area contributed by atoms with Crippen molar-refractivity contribution in [3.05, 3.63) is 117 Å².